The molecule has 0 saturated carbocycles. The minimum Gasteiger partial charge on any atom is -0.394 e. The Balaban J connectivity index is 2.23. The van der Waals surface area contributed by atoms with Gasteiger partial charge in [0, 0.05) is 0 Å². The van der Waals surface area contributed by atoms with Crippen LogP contribution in [0.15, 0.2) is 12.2 Å². The van der Waals surface area contributed by atoms with Gasteiger partial charge in [0.2, 0.25) is 5.91 Å². The fraction of sp³-hybridized carbons (Fsp3) is 0.955. The third kappa shape index (κ3) is 43.2. The molecule has 9 unspecified atom stereocenters. The van der Waals surface area contributed by atoms with E-state index in [2.05, 4.69) is 31.3 Å². The van der Waals surface area contributed by atoms with E-state index in [1.54, 1.807) is 0 Å². The van der Waals surface area contributed by atoms with Crippen LogP contribution in [0, 0.1) is 0 Å². The van der Waals surface area contributed by atoms with E-state index in [0.29, 0.717) is 19.3 Å². The maximum atomic E-state index is 13.2. The zero-order valence-electron chi connectivity index (χ0n) is 50.5. The molecule has 0 spiro atoms. The predicted molar refractivity (Wildman–Crippen MR) is 321 cm³/mol. The van der Waals surface area contributed by atoms with Crippen molar-refractivity contribution < 1.29 is 50.0 Å². The summed E-state index contributed by atoms with van der Waals surface area (Å²) in [7, 11) is 0. The van der Waals surface area contributed by atoms with Crippen molar-refractivity contribution in [2.75, 3.05) is 13.2 Å². The average molecular weight is 1100 g/mol. The fourth-order valence-corrected chi connectivity index (χ4v) is 11.1. The second-order valence-electron chi connectivity index (χ2n) is 23.9. The molecule has 0 aromatic rings. The van der Waals surface area contributed by atoms with Gasteiger partial charge in [-0.2, -0.15) is 0 Å². The quantitative estimate of drug-likeness (QED) is 0.0215. The predicted octanol–water partition coefficient (Wildman–Crippen LogP) is 15.5. The van der Waals surface area contributed by atoms with Gasteiger partial charge in [-0.05, 0) is 38.5 Å². The smallest absolute Gasteiger partial charge is 0.249 e. The van der Waals surface area contributed by atoms with Crippen molar-refractivity contribution in [3.05, 3.63) is 12.2 Å². The summed E-state index contributed by atoms with van der Waals surface area (Å²) >= 11 is 0. The van der Waals surface area contributed by atoms with E-state index in [1.807, 2.05) is 0 Å². The Labute approximate surface area is 474 Å². The molecule has 0 aromatic carbocycles. The van der Waals surface area contributed by atoms with Crippen LogP contribution in [0.3, 0.4) is 0 Å². The third-order valence-corrected chi connectivity index (χ3v) is 16.6. The molecular weight excluding hydrogens is 967 g/mol. The number of aliphatic hydroxyl groups is 7. The molecule has 1 aliphatic rings. The third-order valence-electron chi connectivity index (χ3n) is 16.6. The number of rotatable bonds is 59. The average Bonchev–Trinajstić information content (AvgIpc) is 3.43. The van der Waals surface area contributed by atoms with Crippen molar-refractivity contribution >= 4 is 5.91 Å². The number of hydrogen-bond acceptors (Lipinski definition) is 10. The highest BCUT2D eigenvalue weighted by molar-refractivity contribution is 5.80. The maximum Gasteiger partial charge on any atom is 0.249 e. The molecular formula is C66H129NO10. The zero-order chi connectivity index (χ0) is 56.1. The number of unbranched alkanes of at least 4 members (excludes halogenated alkanes) is 45. The molecule has 11 nitrogen and oxygen atoms in total. The molecule has 8 N–H and O–H groups in total. The molecule has 0 aliphatic carbocycles. The first-order valence-electron chi connectivity index (χ1n) is 33.6. The van der Waals surface area contributed by atoms with Crippen molar-refractivity contribution in [1.82, 2.24) is 5.32 Å². The number of allylic oxidation sites excluding steroid dienone is 2. The molecule has 1 fully saturated rings. The second-order valence-corrected chi connectivity index (χ2v) is 23.9. The van der Waals surface area contributed by atoms with Crippen LogP contribution in [0.1, 0.15) is 335 Å². The maximum absolute atomic E-state index is 13.2. The first kappa shape index (κ1) is 73.9. The largest absolute Gasteiger partial charge is 0.394 e. The van der Waals surface area contributed by atoms with E-state index in [-0.39, 0.29) is 6.42 Å². The molecule has 0 radical (unpaired) electrons. The van der Waals surface area contributed by atoms with Crippen LogP contribution in [0.2, 0.25) is 0 Å². The summed E-state index contributed by atoms with van der Waals surface area (Å²) < 4.78 is 11.2. The van der Waals surface area contributed by atoms with Crippen LogP contribution < -0.4 is 5.32 Å². The number of amides is 1. The normalized spacial score (nSPS) is 19.5. The molecule has 11 heteroatoms. The molecule has 458 valence electrons. The Morgan fingerprint density at radius 3 is 1.09 bits per heavy atom. The molecule has 1 heterocycles. The van der Waals surface area contributed by atoms with Crippen molar-refractivity contribution in [2.45, 2.75) is 390 Å². The lowest BCUT2D eigenvalue weighted by Crippen LogP contribution is -2.60. The topological polar surface area (TPSA) is 189 Å². The number of carbonyl (C=O) groups is 1. The van der Waals surface area contributed by atoms with Gasteiger partial charge >= 0.3 is 0 Å². The number of nitrogens with one attached hydrogen (secondary N) is 1. The summed E-state index contributed by atoms with van der Waals surface area (Å²) in [5.41, 5.74) is 0. The summed E-state index contributed by atoms with van der Waals surface area (Å²) in [4.78, 5) is 13.2. The lowest BCUT2D eigenvalue weighted by molar-refractivity contribution is -0.303. The van der Waals surface area contributed by atoms with Crippen LogP contribution in [0.5, 0.6) is 0 Å². The number of hydrogen-bond donors (Lipinski definition) is 8. The summed E-state index contributed by atoms with van der Waals surface area (Å²) in [5, 5.41) is 76.5. The number of aliphatic hydroxyl groups excluding tert-OH is 7. The number of ether oxygens (including phenoxy) is 2. The van der Waals surface area contributed by atoms with Gasteiger partial charge in [-0.15, -0.1) is 0 Å². The van der Waals surface area contributed by atoms with Gasteiger partial charge < -0.3 is 50.5 Å². The van der Waals surface area contributed by atoms with Crippen molar-refractivity contribution in [3.63, 3.8) is 0 Å². The van der Waals surface area contributed by atoms with Gasteiger partial charge in [0.1, 0.15) is 36.6 Å². The van der Waals surface area contributed by atoms with Gasteiger partial charge in [0.25, 0.3) is 0 Å². The minimum atomic E-state index is -1.66. The fourth-order valence-electron chi connectivity index (χ4n) is 11.1. The van der Waals surface area contributed by atoms with Crippen LogP contribution >= 0.6 is 0 Å². The second kappa shape index (κ2) is 55.4. The highest BCUT2D eigenvalue weighted by Crippen LogP contribution is 2.24. The standard InChI is InChI=1S/C66H129NO10/c1-3-5-7-9-11-13-15-17-19-21-23-25-27-29-30-32-34-36-38-40-42-44-46-48-50-52-54-59(70)65(75)67-57(56-76-66-64(74)63(73)62(72)60(55-68)77-66)61(71)58(69)53-51-49-47-45-43-41-39-37-35-33-31-28-26-24-22-20-18-16-14-12-10-8-6-4-2/h29-30,57-64,66,68-74H,3-28,31-56H2,1-2H3,(H,67,75)/b30-29-. The summed E-state index contributed by atoms with van der Waals surface area (Å²) in [6, 6.07) is -1.17. The van der Waals surface area contributed by atoms with Gasteiger partial charge in [-0.1, -0.05) is 309 Å². The molecule has 1 saturated heterocycles. The van der Waals surface area contributed by atoms with E-state index >= 15 is 0 Å². The van der Waals surface area contributed by atoms with Crippen molar-refractivity contribution in [1.29, 1.82) is 0 Å². The number of carbonyl (C=O) groups excluding carboxylic acids is 1. The zero-order valence-corrected chi connectivity index (χ0v) is 50.5. The van der Waals surface area contributed by atoms with E-state index in [9.17, 15) is 40.5 Å². The Hall–Kier alpha value is -1.15. The Morgan fingerprint density at radius 1 is 0.442 bits per heavy atom. The Bertz CT molecular complexity index is 1260. The molecule has 77 heavy (non-hydrogen) atoms. The van der Waals surface area contributed by atoms with Crippen LogP contribution in [-0.4, -0.2) is 110 Å². The molecule has 1 aliphatic heterocycles. The molecule has 9 atom stereocenters. The lowest BCUT2D eigenvalue weighted by atomic mass is 9.98. The van der Waals surface area contributed by atoms with Gasteiger partial charge in [-0.25, -0.2) is 0 Å². The van der Waals surface area contributed by atoms with Gasteiger partial charge in [0.15, 0.2) is 6.29 Å². The highest BCUT2D eigenvalue weighted by atomic mass is 16.7. The molecule has 1 rings (SSSR count). The SMILES string of the molecule is CCCCCCCCCCCCCC/C=C\CCCCCCCCCCCCC(O)C(=O)NC(COC1OC(CO)C(O)C(O)C1O)C(O)C(O)CCCCCCCCCCCCCCCCCCCCCCCCCC. The molecule has 0 bridgehead atoms. The first-order chi connectivity index (χ1) is 37.7. The first-order valence-corrected chi connectivity index (χ1v) is 33.6. The van der Waals surface area contributed by atoms with Gasteiger partial charge in [0.05, 0.1) is 25.4 Å². The summed E-state index contributed by atoms with van der Waals surface area (Å²) in [5.74, 6) is -0.691. The van der Waals surface area contributed by atoms with Crippen LogP contribution in [0.25, 0.3) is 0 Å². The van der Waals surface area contributed by atoms with Crippen LogP contribution in [-0.2, 0) is 14.3 Å². The van der Waals surface area contributed by atoms with E-state index in [4.69, 9.17) is 9.47 Å². The summed E-state index contributed by atoms with van der Waals surface area (Å²) in [6.07, 6.45) is 55.6. The minimum absolute atomic E-state index is 0.262. The van der Waals surface area contributed by atoms with Crippen LogP contribution in [0.4, 0.5) is 0 Å². The van der Waals surface area contributed by atoms with E-state index in [0.717, 1.165) is 38.5 Å². The summed E-state index contributed by atoms with van der Waals surface area (Å²) in [6.45, 7) is 3.52. The Morgan fingerprint density at radius 2 is 0.753 bits per heavy atom. The molecule has 0 aromatic heterocycles. The monoisotopic (exact) mass is 1100 g/mol. The Kier molecular flexibility index (Phi) is 53.1. The highest BCUT2D eigenvalue weighted by Gasteiger charge is 2.44. The van der Waals surface area contributed by atoms with Crippen molar-refractivity contribution in [2.24, 2.45) is 0 Å². The molecule has 1 amide bonds. The van der Waals surface area contributed by atoms with Crippen molar-refractivity contribution in [3.8, 4) is 0 Å². The van der Waals surface area contributed by atoms with E-state index in [1.165, 1.54) is 257 Å². The lowest BCUT2D eigenvalue weighted by Gasteiger charge is -2.40. The van der Waals surface area contributed by atoms with Gasteiger partial charge in [-0.3, -0.25) is 4.79 Å². The van der Waals surface area contributed by atoms with E-state index < -0.39 is 74.2 Å².